The molecule has 0 aliphatic heterocycles. The van der Waals surface area contributed by atoms with Gasteiger partial charge in [0.2, 0.25) is 4.80 Å². The second-order valence-electron chi connectivity index (χ2n) is 5.34. The molecule has 0 saturated carbocycles. The molecule has 112 valence electrons. The molecule has 0 aliphatic carbocycles. The minimum Gasteiger partial charge on any atom is -0.318 e. The van der Waals surface area contributed by atoms with E-state index in [9.17, 15) is 4.79 Å². The Morgan fingerprint density at radius 2 is 1.82 bits per heavy atom. The average molecular weight is 311 g/mol. The molecule has 3 rings (SSSR count). The van der Waals surface area contributed by atoms with Crippen LogP contribution in [0.4, 0.5) is 0 Å². The standard InChI is InChI=1S/C17H17N3OS/c1-11-8-12(2)10-13(9-11)16(21)18-19-17-20(3)14-6-4-5-7-15(14)22-17/h4-10H,1-3H3,(H,18,21). The molecule has 5 heteroatoms. The molecule has 1 N–H and O–H groups in total. The number of hydrogen-bond acceptors (Lipinski definition) is 3. The summed E-state index contributed by atoms with van der Waals surface area (Å²) in [6, 6.07) is 13.8. The number of nitrogens with zero attached hydrogens (tertiary/aromatic N) is 2. The number of benzene rings is 2. The van der Waals surface area contributed by atoms with E-state index in [1.807, 2.05) is 67.9 Å². The first kappa shape index (κ1) is 14.5. The van der Waals surface area contributed by atoms with Crippen LogP contribution in [0.5, 0.6) is 0 Å². The minimum absolute atomic E-state index is 0.191. The molecule has 2 aromatic carbocycles. The van der Waals surface area contributed by atoms with E-state index in [0.717, 1.165) is 26.1 Å². The van der Waals surface area contributed by atoms with Crippen LogP contribution in [0.15, 0.2) is 47.6 Å². The van der Waals surface area contributed by atoms with Crippen molar-refractivity contribution in [3.05, 3.63) is 64.0 Å². The fourth-order valence-electron chi connectivity index (χ4n) is 2.46. The highest BCUT2D eigenvalue weighted by Crippen LogP contribution is 2.15. The van der Waals surface area contributed by atoms with Crippen LogP contribution in [0, 0.1) is 13.8 Å². The SMILES string of the molecule is Cc1cc(C)cc(C(=O)NN=c2sc3ccccc3n2C)c1. The Morgan fingerprint density at radius 3 is 2.50 bits per heavy atom. The number of nitrogens with one attached hydrogen (secondary N) is 1. The fraction of sp³-hybridized carbons (Fsp3) is 0.176. The number of carbonyl (C=O) groups is 1. The van der Waals surface area contributed by atoms with Crippen LogP contribution in [0.1, 0.15) is 21.5 Å². The van der Waals surface area contributed by atoms with Crippen molar-refractivity contribution in [1.29, 1.82) is 0 Å². The number of aryl methyl sites for hydroxylation is 3. The van der Waals surface area contributed by atoms with E-state index in [2.05, 4.69) is 10.5 Å². The second kappa shape index (κ2) is 5.77. The molecule has 0 aliphatic rings. The lowest BCUT2D eigenvalue weighted by molar-refractivity contribution is 0.0953. The smallest absolute Gasteiger partial charge is 0.271 e. The van der Waals surface area contributed by atoms with Crippen LogP contribution in [-0.2, 0) is 7.05 Å². The van der Waals surface area contributed by atoms with Crippen LogP contribution in [-0.4, -0.2) is 10.5 Å². The molecule has 0 fully saturated rings. The molecule has 0 spiro atoms. The molecule has 4 nitrogen and oxygen atoms in total. The van der Waals surface area contributed by atoms with Crippen molar-refractivity contribution in [3.63, 3.8) is 0 Å². The van der Waals surface area contributed by atoms with E-state index in [1.54, 1.807) is 11.3 Å². The fourth-order valence-corrected chi connectivity index (χ4v) is 3.44. The first-order valence-corrected chi connectivity index (χ1v) is 7.83. The largest absolute Gasteiger partial charge is 0.318 e. The Kier molecular flexibility index (Phi) is 3.81. The first-order chi connectivity index (χ1) is 10.5. The predicted octanol–water partition coefficient (Wildman–Crippen LogP) is 3.10. The number of thiazole rings is 1. The van der Waals surface area contributed by atoms with E-state index in [-0.39, 0.29) is 5.91 Å². The molecule has 0 unspecified atom stereocenters. The number of rotatable bonds is 2. The zero-order chi connectivity index (χ0) is 15.7. The average Bonchev–Trinajstić information content (AvgIpc) is 2.81. The van der Waals surface area contributed by atoms with Gasteiger partial charge in [0.1, 0.15) is 0 Å². The quantitative estimate of drug-likeness (QED) is 0.726. The molecular weight excluding hydrogens is 294 g/mol. The molecule has 0 radical (unpaired) electrons. The summed E-state index contributed by atoms with van der Waals surface area (Å²) in [5, 5.41) is 4.26. The van der Waals surface area contributed by atoms with Crippen LogP contribution >= 0.6 is 11.3 Å². The maximum Gasteiger partial charge on any atom is 0.271 e. The van der Waals surface area contributed by atoms with Crippen molar-refractivity contribution in [2.45, 2.75) is 13.8 Å². The molecule has 3 aromatic rings. The summed E-state index contributed by atoms with van der Waals surface area (Å²) in [5.74, 6) is -0.191. The van der Waals surface area contributed by atoms with Gasteiger partial charge in [0.15, 0.2) is 0 Å². The van der Waals surface area contributed by atoms with E-state index >= 15 is 0 Å². The van der Waals surface area contributed by atoms with Gasteiger partial charge in [0, 0.05) is 12.6 Å². The summed E-state index contributed by atoms with van der Waals surface area (Å²) < 4.78 is 3.12. The van der Waals surface area contributed by atoms with Gasteiger partial charge < -0.3 is 4.57 Å². The van der Waals surface area contributed by atoms with Gasteiger partial charge in [-0.3, -0.25) is 4.79 Å². The molecule has 1 amide bonds. The highest BCUT2D eigenvalue weighted by molar-refractivity contribution is 7.16. The maximum atomic E-state index is 12.2. The van der Waals surface area contributed by atoms with Crippen LogP contribution in [0.3, 0.4) is 0 Å². The number of aromatic nitrogens is 1. The van der Waals surface area contributed by atoms with Crippen molar-refractivity contribution in [2.24, 2.45) is 12.1 Å². The number of hydrogen-bond donors (Lipinski definition) is 1. The molecule has 0 bridgehead atoms. The normalized spacial score (nSPS) is 11.9. The van der Waals surface area contributed by atoms with Gasteiger partial charge in [-0.25, -0.2) is 5.43 Å². The second-order valence-corrected chi connectivity index (χ2v) is 6.35. The summed E-state index contributed by atoms with van der Waals surface area (Å²) in [7, 11) is 1.95. The van der Waals surface area contributed by atoms with E-state index in [0.29, 0.717) is 5.56 Å². The Hall–Kier alpha value is -2.40. The third-order valence-electron chi connectivity index (χ3n) is 3.45. The molecule has 1 heterocycles. The van der Waals surface area contributed by atoms with Gasteiger partial charge in [-0.05, 0) is 38.1 Å². The highest BCUT2D eigenvalue weighted by atomic mass is 32.1. The number of fused-ring (bicyclic) bond motifs is 1. The lowest BCUT2D eigenvalue weighted by atomic mass is 10.1. The zero-order valence-corrected chi connectivity index (χ0v) is 13.6. The van der Waals surface area contributed by atoms with Gasteiger partial charge in [0.25, 0.3) is 5.91 Å². The van der Waals surface area contributed by atoms with Gasteiger partial charge in [-0.1, -0.05) is 40.7 Å². The van der Waals surface area contributed by atoms with Crippen LogP contribution < -0.4 is 10.2 Å². The van der Waals surface area contributed by atoms with Crippen molar-refractivity contribution in [2.75, 3.05) is 0 Å². The van der Waals surface area contributed by atoms with Crippen LogP contribution in [0.2, 0.25) is 0 Å². The summed E-state index contributed by atoms with van der Waals surface area (Å²) in [4.78, 5) is 13.0. The summed E-state index contributed by atoms with van der Waals surface area (Å²) in [6.07, 6.45) is 0. The van der Waals surface area contributed by atoms with Gasteiger partial charge >= 0.3 is 0 Å². The minimum atomic E-state index is -0.191. The highest BCUT2D eigenvalue weighted by Gasteiger charge is 2.06. The Bertz CT molecular complexity index is 901. The molecule has 22 heavy (non-hydrogen) atoms. The Labute approximate surface area is 132 Å². The summed E-state index contributed by atoms with van der Waals surface area (Å²) in [5.41, 5.74) is 6.51. The monoisotopic (exact) mass is 311 g/mol. The van der Waals surface area contributed by atoms with Gasteiger partial charge in [-0.15, -0.1) is 5.10 Å². The topological polar surface area (TPSA) is 46.4 Å². The molecule has 0 saturated heterocycles. The zero-order valence-electron chi connectivity index (χ0n) is 12.8. The van der Waals surface area contributed by atoms with Crippen LogP contribution in [0.25, 0.3) is 10.2 Å². The number of amides is 1. The van der Waals surface area contributed by atoms with Crippen molar-refractivity contribution >= 4 is 27.5 Å². The van der Waals surface area contributed by atoms with E-state index < -0.39 is 0 Å². The summed E-state index contributed by atoms with van der Waals surface area (Å²) >= 11 is 1.55. The predicted molar refractivity (Wildman–Crippen MR) is 89.7 cm³/mol. The van der Waals surface area contributed by atoms with E-state index in [4.69, 9.17) is 0 Å². The third kappa shape index (κ3) is 2.80. The lowest BCUT2D eigenvalue weighted by Crippen LogP contribution is -2.23. The first-order valence-electron chi connectivity index (χ1n) is 7.01. The Balaban J connectivity index is 1.92. The number of para-hydroxylation sites is 1. The Morgan fingerprint density at radius 1 is 1.14 bits per heavy atom. The number of carbonyl (C=O) groups excluding carboxylic acids is 1. The van der Waals surface area contributed by atoms with Crippen molar-refractivity contribution in [3.8, 4) is 0 Å². The third-order valence-corrected chi connectivity index (χ3v) is 4.56. The van der Waals surface area contributed by atoms with Gasteiger partial charge in [-0.2, -0.15) is 0 Å². The lowest BCUT2D eigenvalue weighted by Gasteiger charge is -2.03. The maximum absolute atomic E-state index is 12.2. The summed E-state index contributed by atoms with van der Waals surface area (Å²) in [6.45, 7) is 3.96. The van der Waals surface area contributed by atoms with Crippen molar-refractivity contribution < 1.29 is 4.79 Å². The molecule has 0 atom stereocenters. The molecular formula is C17H17N3OS. The van der Waals surface area contributed by atoms with Crippen molar-refractivity contribution in [1.82, 2.24) is 9.99 Å². The van der Waals surface area contributed by atoms with Gasteiger partial charge in [0.05, 0.1) is 10.2 Å². The molecule has 1 aromatic heterocycles. The van der Waals surface area contributed by atoms with E-state index in [1.165, 1.54) is 0 Å².